The molecule has 8 heteroatoms. The van der Waals surface area contributed by atoms with Crippen molar-refractivity contribution in [3.05, 3.63) is 76.6 Å². The van der Waals surface area contributed by atoms with Crippen molar-refractivity contribution in [2.45, 2.75) is 50.5 Å². The highest BCUT2D eigenvalue weighted by atomic mass is 32.2. The first-order valence-electron chi connectivity index (χ1n) is 11.5. The quantitative estimate of drug-likeness (QED) is 0.606. The van der Waals surface area contributed by atoms with Crippen LogP contribution in [0.25, 0.3) is 5.69 Å². The van der Waals surface area contributed by atoms with Gasteiger partial charge in [-0.1, -0.05) is 30.3 Å². The molecular weight excluding hydrogens is 436 g/mol. The van der Waals surface area contributed by atoms with Crippen LogP contribution in [0.15, 0.2) is 53.4 Å². The number of nitrogens with one attached hydrogen (secondary N) is 1. The predicted octanol–water partition coefficient (Wildman–Crippen LogP) is 3.38. The highest BCUT2D eigenvalue weighted by molar-refractivity contribution is 7.89. The number of aromatic nitrogens is 2. The molecule has 2 aromatic carbocycles. The average Bonchev–Trinajstić information content (AvgIpc) is 3.57. The van der Waals surface area contributed by atoms with Crippen molar-refractivity contribution in [2.75, 3.05) is 13.1 Å². The van der Waals surface area contributed by atoms with E-state index in [1.165, 1.54) is 4.31 Å². The summed E-state index contributed by atoms with van der Waals surface area (Å²) in [6.07, 6.45) is 4.61. The Hall–Kier alpha value is -2.97. The number of sulfonamides is 1. The summed E-state index contributed by atoms with van der Waals surface area (Å²) in [4.78, 5) is 13.3. The van der Waals surface area contributed by atoms with Gasteiger partial charge in [-0.2, -0.15) is 9.40 Å². The summed E-state index contributed by atoms with van der Waals surface area (Å²) in [5, 5.41) is 7.65. The molecule has 0 spiro atoms. The summed E-state index contributed by atoms with van der Waals surface area (Å²) in [7, 11) is -3.43. The van der Waals surface area contributed by atoms with E-state index in [1.807, 2.05) is 35.9 Å². The number of para-hydroxylation sites is 1. The summed E-state index contributed by atoms with van der Waals surface area (Å²) in [5.41, 5.74) is 5.60. The van der Waals surface area contributed by atoms with Gasteiger partial charge in [-0.25, -0.2) is 13.1 Å². The maximum absolute atomic E-state index is 13.0. The molecule has 5 rings (SSSR count). The Morgan fingerprint density at radius 3 is 2.45 bits per heavy atom. The molecule has 2 aliphatic rings. The molecule has 1 aromatic heterocycles. The van der Waals surface area contributed by atoms with Crippen molar-refractivity contribution in [2.24, 2.45) is 0 Å². The zero-order valence-corrected chi connectivity index (χ0v) is 19.6. The number of amides is 1. The molecule has 172 valence electrons. The van der Waals surface area contributed by atoms with E-state index in [-0.39, 0.29) is 5.91 Å². The molecule has 0 radical (unpaired) electrons. The molecule has 1 N–H and O–H groups in total. The lowest BCUT2D eigenvalue weighted by molar-refractivity contribution is 0.0944. The topological polar surface area (TPSA) is 84.3 Å². The van der Waals surface area contributed by atoms with Gasteiger partial charge in [0.15, 0.2) is 5.69 Å². The third-order valence-electron chi connectivity index (χ3n) is 6.57. The van der Waals surface area contributed by atoms with Crippen LogP contribution in [0.3, 0.4) is 0 Å². The van der Waals surface area contributed by atoms with Gasteiger partial charge in [-0.15, -0.1) is 0 Å². The standard InChI is InChI=1S/C25H28N4O3S/c1-18-7-2-3-9-22(18)29-23-10-6-8-21(23)24(27-29)25(30)26-17-19-11-13-20(14-12-19)33(31,32)28-15-4-5-16-28/h2-3,7,9,11-14H,4-6,8,10,15-17H2,1H3,(H,26,30). The minimum absolute atomic E-state index is 0.200. The van der Waals surface area contributed by atoms with Gasteiger partial charge in [-0.05, 0) is 68.4 Å². The summed E-state index contributed by atoms with van der Waals surface area (Å²) < 4.78 is 28.8. The number of aryl methyl sites for hydroxylation is 1. The number of nitrogens with zero attached hydrogens (tertiary/aromatic N) is 3. The highest BCUT2D eigenvalue weighted by Crippen LogP contribution is 2.29. The lowest BCUT2D eigenvalue weighted by atomic mass is 10.1. The van der Waals surface area contributed by atoms with E-state index in [1.54, 1.807) is 24.3 Å². The Morgan fingerprint density at radius 2 is 1.73 bits per heavy atom. The number of fused-ring (bicyclic) bond motifs is 1. The largest absolute Gasteiger partial charge is 0.347 e. The van der Waals surface area contributed by atoms with Crippen LogP contribution >= 0.6 is 0 Å². The van der Waals surface area contributed by atoms with Crippen LogP contribution in [0.1, 0.15) is 52.1 Å². The Labute approximate surface area is 194 Å². The second kappa shape index (κ2) is 8.76. The van der Waals surface area contributed by atoms with Crippen LogP contribution in [-0.4, -0.2) is 41.5 Å². The average molecular weight is 465 g/mol. The summed E-state index contributed by atoms with van der Waals surface area (Å²) >= 11 is 0. The van der Waals surface area contributed by atoms with E-state index >= 15 is 0 Å². The maximum atomic E-state index is 13.0. The molecule has 0 unspecified atom stereocenters. The van der Waals surface area contributed by atoms with E-state index in [2.05, 4.69) is 10.4 Å². The summed E-state index contributed by atoms with van der Waals surface area (Å²) in [6, 6.07) is 14.8. The second-order valence-electron chi connectivity index (χ2n) is 8.76. The van der Waals surface area contributed by atoms with Crippen LogP contribution < -0.4 is 5.32 Å². The molecule has 2 heterocycles. The lowest BCUT2D eigenvalue weighted by Crippen LogP contribution is -2.28. The summed E-state index contributed by atoms with van der Waals surface area (Å²) in [5.74, 6) is -0.200. The van der Waals surface area contributed by atoms with Crippen molar-refractivity contribution in [1.29, 1.82) is 0 Å². The van der Waals surface area contributed by atoms with Crippen LogP contribution in [0.5, 0.6) is 0 Å². The normalized spacial score (nSPS) is 16.2. The van der Waals surface area contributed by atoms with Gasteiger partial charge >= 0.3 is 0 Å². The zero-order valence-electron chi connectivity index (χ0n) is 18.8. The van der Waals surface area contributed by atoms with Crippen molar-refractivity contribution >= 4 is 15.9 Å². The number of hydrogen-bond acceptors (Lipinski definition) is 4. The first kappa shape index (κ1) is 21.9. The number of carbonyl (C=O) groups is 1. The smallest absolute Gasteiger partial charge is 0.272 e. The SMILES string of the molecule is Cc1ccccc1-n1nc(C(=O)NCc2ccc(S(=O)(=O)N3CCCC3)cc2)c2c1CCC2. The first-order valence-corrected chi connectivity index (χ1v) is 12.9. The molecule has 1 aliphatic heterocycles. The molecule has 1 aliphatic carbocycles. The molecule has 7 nitrogen and oxygen atoms in total. The Balaban J connectivity index is 1.31. The van der Waals surface area contributed by atoms with Gasteiger partial charge in [-0.3, -0.25) is 4.79 Å². The zero-order chi connectivity index (χ0) is 23.0. The molecule has 1 fully saturated rings. The third-order valence-corrected chi connectivity index (χ3v) is 8.48. The van der Waals surface area contributed by atoms with Gasteiger partial charge in [0.25, 0.3) is 5.91 Å². The van der Waals surface area contributed by atoms with Crippen LogP contribution in [0.2, 0.25) is 0 Å². The number of hydrogen-bond donors (Lipinski definition) is 1. The second-order valence-corrected chi connectivity index (χ2v) is 10.7. The van der Waals surface area contributed by atoms with Crippen molar-refractivity contribution < 1.29 is 13.2 Å². The fraction of sp³-hybridized carbons (Fsp3) is 0.360. The maximum Gasteiger partial charge on any atom is 0.272 e. The summed E-state index contributed by atoms with van der Waals surface area (Å²) in [6.45, 7) is 3.53. The van der Waals surface area contributed by atoms with E-state index in [4.69, 9.17) is 0 Å². The fourth-order valence-corrected chi connectivity index (χ4v) is 6.26. The monoisotopic (exact) mass is 464 g/mol. The van der Waals surface area contributed by atoms with Gasteiger partial charge in [0.2, 0.25) is 10.0 Å². The van der Waals surface area contributed by atoms with Gasteiger partial charge in [0.1, 0.15) is 0 Å². The first-order chi connectivity index (χ1) is 15.9. The Kier molecular flexibility index (Phi) is 5.80. The van der Waals surface area contributed by atoms with Gasteiger partial charge in [0.05, 0.1) is 10.6 Å². The van der Waals surface area contributed by atoms with Crippen molar-refractivity contribution in [1.82, 2.24) is 19.4 Å². The molecule has 1 amide bonds. The molecular formula is C25H28N4O3S. The fourth-order valence-electron chi connectivity index (χ4n) is 4.74. The molecule has 0 atom stereocenters. The predicted molar refractivity (Wildman–Crippen MR) is 126 cm³/mol. The number of carbonyl (C=O) groups excluding carboxylic acids is 1. The number of benzene rings is 2. The van der Waals surface area contributed by atoms with Crippen LogP contribution in [-0.2, 0) is 29.4 Å². The van der Waals surface area contributed by atoms with Crippen molar-refractivity contribution in [3.63, 3.8) is 0 Å². The molecule has 3 aromatic rings. The van der Waals surface area contributed by atoms with E-state index in [9.17, 15) is 13.2 Å². The minimum Gasteiger partial charge on any atom is -0.347 e. The molecule has 0 bridgehead atoms. The van der Waals surface area contributed by atoms with Gasteiger partial charge < -0.3 is 5.32 Å². The Morgan fingerprint density at radius 1 is 1.00 bits per heavy atom. The third kappa shape index (κ3) is 4.09. The molecule has 1 saturated heterocycles. The molecule has 0 saturated carbocycles. The lowest BCUT2D eigenvalue weighted by Gasteiger charge is -2.15. The molecule has 33 heavy (non-hydrogen) atoms. The van der Waals surface area contributed by atoms with E-state index in [0.717, 1.165) is 60.2 Å². The Bertz CT molecular complexity index is 1290. The highest BCUT2D eigenvalue weighted by Gasteiger charge is 2.28. The van der Waals surface area contributed by atoms with Crippen molar-refractivity contribution in [3.8, 4) is 5.69 Å². The minimum atomic E-state index is -3.43. The van der Waals surface area contributed by atoms with Crippen LogP contribution in [0, 0.1) is 6.92 Å². The van der Waals surface area contributed by atoms with Crippen LogP contribution in [0.4, 0.5) is 0 Å². The van der Waals surface area contributed by atoms with E-state index < -0.39 is 10.0 Å². The van der Waals surface area contributed by atoms with E-state index in [0.29, 0.717) is 30.2 Å². The van der Waals surface area contributed by atoms with Gasteiger partial charge in [0, 0.05) is 30.9 Å². The number of rotatable bonds is 6.